The van der Waals surface area contributed by atoms with E-state index in [0.717, 1.165) is 0 Å². The fourth-order valence-electron chi connectivity index (χ4n) is 1.11. The Morgan fingerprint density at radius 2 is 1.72 bits per heavy atom. The van der Waals surface area contributed by atoms with Gasteiger partial charge in [0.25, 0.3) is 0 Å². The molecule has 0 heterocycles. The summed E-state index contributed by atoms with van der Waals surface area (Å²) < 4.78 is 60.4. The number of nitrogens with two attached hydrogens (primary N) is 1. The Balaban J connectivity index is 4.54. The van der Waals surface area contributed by atoms with Crippen LogP contribution in [0.4, 0.5) is 22.0 Å². The van der Waals surface area contributed by atoms with Crippen molar-refractivity contribution < 1.29 is 31.5 Å². The summed E-state index contributed by atoms with van der Waals surface area (Å²) in [5, 5.41) is 1.39. The predicted octanol–water partition coefficient (Wildman–Crippen LogP) is 1.20. The van der Waals surface area contributed by atoms with E-state index in [0.29, 0.717) is 6.42 Å². The molecule has 0 spiro atoms. The maximum absolute atomic E-state index is 12.5. The molecule has 0 saturated heterocycles. The number of primary amides is 1. The Bertz CT molecular complexity index is 317. The lowest BCUT2D eigenvalue weighted by molar-refractivity contribution is -0.278. The highest BCUT2D eigenvalue weighted by Crippen LogP contribution is 2.34. The summed E-state index contributed by atoms with van der Waals surface area (Å²) in [6, 6.07) is 0. The van der Waals surface area contributed by atoms with Gasteiger partial charge in [-0.2, -0.15) is 22.0 Å². The lowest BCUT2D eigenvalue weighted by Crippen LogP contribution is -2.49. The second-order valence-corrected chi connectivity index (χ2v) is 3.66. The molecular weight excluding hydrogens is 263 g/mol. The third kappa shape index (κ3) is 4.46. The van der Waals surface area contributed by atoms with Crippen molar-refractivity contribution in [2.45, 2.75) is 31.9 Å². The van der Waals surface area contributed by atoms with Crippen molar-refractivity contribution in [1.82, 2.24) is 5.32 Å². The van der Waals surface area contributed by atoms with Crippen LogP contribution >= 0.6 is 0 Å². The number of carbonyl (C=O) groups excluding carboxylic acids is 2. The van der Waals surface area contributed by atoms with Crippen LogP contribution in [0, 0.1) is 5.92 Å². The number of alkyl halides is 5. The minimum Gasteiger partial charge on any atom is -0.369 e. The average molecular weight is 276 g/mol. The number of hydrogen-bond acceptors (Lipinski definition) is 2. The van der Waals surface area contributed by atoms with Crippen molar-refractivity contribution >= 4 is 11.8 Å². The van der Waals surface area contributed by atoms with E-state index in [-0.39, 0.29) is 6.42 Å². The van der Waals surface area contributed by atoms with Gasteiger partial charge in [0.05, 0.1) is 6.54 Å². The van der Waals surface area contributed by atoms with E-state index in [1.807, 2.05) is 0 Å². The molecule has 0 saturated carbocycles. The second kappa shape index (κ2) is 5.96. The zero-order valence-electron chi connectivity index (χ0n) is 9.48. The molecule has 0 rings (SSSR count). The standard InChI is InChI=1S/C9H13F5N2O2/c1-2-3-5(6(15)17)7(18)16-4-8(10,11)9(12,13)14/h5H,2-4H2,1H3,(H2,15,17)(H,16,18). The molecule has 9 heteroatoms. The molecule has 0 aromatic heterocycles. The molecule has 0 aliphatic carbocycles. The van der Waals surface area contributed by atoms with Gasteiger partial charge in [0.15, 0.2) is 0 Å². The summed E-state index contributed by atoms with van der Waals surface area (Å²) >= 11 is 0. The molecule has 4 nitrogen and oxygen atoms in total. The summed E-state index contributed by atoms with van der Waals surface area (Å²) in [5.74, 6) is -8.74. The minimum absolute atomic E-state index is 0.0151. The van der Waals surface area contributed by atoms with Gasteiger partial charge >= 0.3 is 12.1 Å². The van der Waals surface area contributed by atoms with Crippen molar-refractivity contribution in [2.75, 3.05) is 6.54 Å². The Hall–Kier alpha value is -1.41. The fraction of sp³-hybridized carbons (Fsp3) is 0.778. The number of nitrogens with one attached hydrogen (secondary N) is 1. The largest absolute Gasteiger partial charge is 0.455 e. The van der Waals surface area contributed by atoms with Crippen LogP contribution in [0.3, 0.4) is 0 Å². The van der Waals surface area contributed by atoms with Gasteiger partial charge in [-0.15, -0.1) is 0 Å². The van der Waals surface area contributed by atoms with E-state index in [9.17, 15) is 31.5 Å². The lowest BCUT2D eigenvalue weighted by Gasteiger charge is -2.21. The van der Waals surface area contributed by atoms with Gasteiger partial charge in [-0.1, -0.05) is 13.3 Å². The van der Waals surface area contributed by atoms with Crippen molar-refractivity contribution in [2.24, 2.45) is 11.7 Å². The van der Waals surface area contributed by atoms with Crippen LogP contribution in [0.15, 0.2) is 0 Å². The monoisotopic (exact) mass is 276 g/mol. The summed E-state index contributed by atoms with van der Waals surface area (Å²) in [6.45, 7) is -0.309. The topological polar surface area (TPSA) is 72.2 Å². The first-order valence-electron chi connectivity index (χ1n) is 5.04. The van der Waals surface area contributed by atoms with Crippen LogP contribution in [0.1, 0.15) is 19.8 Å². The molecule has 0 aliphatic rings. The van der Waals surface area contributed by atoms with Gasteiger partial charge in [-0.3, -0.25) is 9.59 Å². The van der Waals surface area contributed by atoms with Crippen molar-refractivity contribution in [3.05, 3.63) is 0 Å². The number of rotatable bonds is 6. The van der Waals surface area contributed by atoms with Crippen LogP contribution in [0.2, 0.25) is 0 Å². The number of carbonyl (C=O) groups is 2. The lowest BCUT2D eigenvalue weighted by atomic mass is 10.0. The third-order valence-electron chi connectivity index (χ3n) is 2.14. The molecule has 0 aliphatic heterocycles. The Morgan fingerprint density at radius 1 is 1.22 bits per heavy atom. The molecule has 0 radical (unpaired) electrons. The summed E-state index contributed by atoms with van der Waals surface area (Å²) in [6.07, 6.45) is -5.41. The normalized spacial score (nSPS) is 14.1. The summed E-state index contributed by atoms with van der Waals surface area (Å²) in [5.41, 5.74) is 4.84. The average Bonchev–Trinajstić information content (AvgIpc) is 2.20. The van der Waals surface area contributed by atoms with Gasteiger partial charge in [0, 0.05) is 0 Å². The SMILES string of the molecule is CCCC(C(N)=O)C(=O)NCC(F)(F)C(F)(F)F. The quantitative estimate of drug-likeness (QED) is 0.565. The van der Waals surface area contributed by atoms with Gasteiger partial charge in [-0.25, -0.2) is 0 Å². The fourth-order valence-corrected chi connectivity index (χ4v) is 1.11. The van der Waals surface area contributed by atoms with Gasteiger partial charge in [-0.05, 0) is 6.42 Å². The van der Waals surface area contributed by atoms with Crippen LogP contribution in [-0.2, 0) is 9.59 Å². The molecule has 1 atom stereocenters. The van der Waals surface area contributed by atoms with E-state index in [4.69, 9.17) is 5.73 Å². The van der Waals surface area contributed by atoms with Crippen LogP contribution in [0.5, 0.6) is 0 Å². The summed E-state index contributed by atoms with van der Waals surface area (Å²) in [7, 11) is 0. The van der Waals surface area contributed by atoms with E-state index in [1.54, 1.807) is 6.92 Å². The molecule has 0 aromatic rings. The predicted molar refractivity (Wildman–Crippen MR) is 51.6 cm³/mol. The molecular formula is C9H13F5N2O2. The number of hydrogen-bond donors (Lipinski definition) is 2. The molecule has 18 heavy (non-hydrogen) atoms. The van der Waals surface area contributed by atoms with E-state index in [1.165, 1.54) is 5.32 Å². The molecule has 106 valence electrons. The maximum Gasteiger partial charge on any atom is 0.455 e. The highest BCUT2D eigenvalue weighted by molar-refractivity contribution is 5.99. The zero-order valence-corrected chi connectivity index (χ0v) is 9.48. The first-order valence-corrected chi connectivity index (χ1v) is 5.04. The van der Waals surface area contributed by atoms with Crippen LogP contribution in [-0.4, -0.2) is 30.5 Å². The molecule has 3 N–H and O–H groups in total. The van der Waals surface area contributed by atoms with Gasteiger partial charge in [0.1, 0.15) is 5.92 Å². The maximum atomic E-state index is 12.5. The van der Waals surface area contributed by atoms with E-state index in [2.05, 4.69) is 0 Å². The van der Waals surface area contributed by atoms with Gasteiger partial charge < -0.3 is 11.1 Å². The number of amides is 2. The Morgan fingerprint density at radius 3 is 2.06 bits per heavy atom. The van der Waals surface area contributed by atoms with Crippen LogP contribution in [0.25, 0.3) is 0 Å². The number of halogens is 5. The molecule has 2 amide bonds. The first kappa shape index (κ1) is 16.6. The molecule has 1 unspecified atom stereocenters. The van der Waals surface area contributed by atoms with E-state index >= 15 is 0 Å². The van der Waals surface area contributed by atoms with Crippen molar-refractivity contribution in [1.29, 1.82) is 0 Å². The molecule has 0 fully saturated rings. The molecule has 0 bridgehead atoms. The van der Waals surface area contributed by atoms with Crippen molar-refractivity contribution in [3.63, 3.8) is 0 Å². The van der Waals surface area contributed by atoms with Crippen LogP contribution < -0.4 is 11.1 Å². The summed E-state index contributed by atoms with van der Waals surface area (Å²) in [4.78, 5) is 22.0. The van der Waals surface area contributed by atoms with Gasteiger partial charge in [0.2, 0.25) is 11.8 Å². The smallest absolute Gasteiger partial charge is 0.369 e. The Labute approximate surface area is 99.7 Å². The highest BCUT2D eigenvalue weighted by Gasteiger charge is 2.57. The van der Waals surface area contributed by atoms with Crippen molar-refractivity contribution in [3.8, 4) is 0 Å². The highest BCUT2D eigenvalue weighted by atomic mass is 19.4. The minimum atomic E-state index is -5.76. The second-order valence-electron chi connectivity index (χ2n) is 3.66. The zero-order chi connectivity index (χ0) is 14.6. The molecule has 0 aromatic carbocycles. The third-order valence-corrected chi connectivity index (χ3v) is 2.14. The first-order chi connectivity index (χ1) is 8.03. The Kier molecular flexibility index (Phi) is 5.50. The van der Waals surface area contributed by atoms with E-state index < -0.39 is 36.4 Å².